The maximum atomic E-state index is 12.8. The molecule has 2 aromatic rings. The molecule has 0 aliphatic heterocycles. The first kappa shape index (κ1) is 22.0. The summed E-state index contributed by atoms with van der Waals surface area (Å²) in [4.78, 5) is 14.7. The van der Waals surface area contributed by atoms with Gasteiger partial charge in [0.05, 0.1) is 0 Å². The molecule has 0 heterocycles. The minimum absolute atomic E-state index is 0.0189. The molecule has 0 saturated carbocycles. The monoisotopic (exact) mass is 380 g/mol. The van der Waals surface area contributed by atoms with Crippen molar-refractivity contribution in [2.45, 2.75) is 71.3 Å². The number of para-hydroxylation sites is 1. The Hall–Kier alpha value is -2.29. The molecule has 0 radical (unpaired) electrons. The van der Waals surface area contributed by atoms with E-state index in [0.717, 1.165) is 18.7 Å². The van der Waals surface area contributed by atoms with Crippen LogP contribution in [0.2, 0.25) is 0 Å². The highest BCUT2D eigenvalue weighted by atomic mass is 16.2. The van der Waals surface area contributed by atoms with Crippen LogP contribution in [0.3, 0.4) is 0 Å². The SMILES string of the molecule is CCCCCCCCCCCN(Cc1ccccc1)C(=O)Nc1ccccc1. The maximum absolute atomic E-state index is 12.8. The number of rotatable bonds is 13. The number of unbranched alkanes of at least 4 members (excludes halogenated alkanes) is 8. The summed E-state index contributed by atoms with van der Waals surface area (Å²) in [6.45, 7) is 3.70. The van der Waals surface area contributed by atoms with Gasteiger partial charge in [-0.25, -0.2) is 4.79 Å². The van der Waals surface area contributed by atoms with Crippen molar-refractivity contribution in [1.82, 2.24) is 4.90 Å². The second-order valence-electron chi connectivity index (χ2n) is 7.53. The Morgan fingerprint density at radius 3 is 1.89 bits per heavy atom. The smallest absolute Gasteiger partial charge is 0.320 e. The zero-order valence-corrected chi connectivity index (χ0v) is 17.4. The summed E-state index contributed by atoms with van der Waals surface area (Å²) >= 11 is 0. The molecular formula is C25H36N2O. The molecule has 3 nitrogen and oxygen atoms in total. The van der Waals surface area contributed by atoms with E-state index in [2.05, 4.69) is 24.4 Å². The lowest BCUT2D eigenvalue weighted by molar-refractivity contribution is 0.207. The van der Waals surface area contributed by atoms with E-state index in [-0.39, 0.29) is 6.03 Å². The molecule has 2 aromatic carbocycles. The molecule has 0 aromatic heterocycles. The predicted molar refractivity (Wildman–Crippen MR) is 120 cm³/mol. The first-order chi connectivity index (χ1) is 13.8. The number of nitrogens with zero attached hydrogens (tertiary/aromatic N) is 1. The Balaban J connectivity index is 1.77. The molecule has 0 unspecified atom stereocenters. The molecule has 0 atom stereocenters. The van der Waals surface area contributed by atoms with E-state index in [9.17, 15) is 4.79 Å². The molecule has 0 aliphatic rings. The number of carbonyl (C=O) groups is 1. The zero-order valence-electron chi connectivity index (χ0n) is 17.4. The van der Waals surface area contributed by atoms with Crippen LogP contribution in [-0.4, -0.2) is 17.5 Å². The largest absolute Gasteiger partial charge is 0.322 e. The van der Waals surface area contributed by atoms with Crippen molar-refractivity contribution in [3.63, 3.8) is 0 Å². The van der Waals surface area contributed by atoms with Crippen LogP contribution in [0.1, 0.15) is 70.3 Å². The van der Waals surface area contributed by atoms with Crippen molar-refractivity contribution in [3.05, 3.63) is 66.2 Å². The van der Waals surface area contributed by atoms with Crippen LogP contribution < -0.4 is 5.32 Å². The summed E-state index contributed by atoms with van der Waals surface area (Å²) in [5.74, 6) is 0. The van der Waals surface area contributed by atoms with Crippen molar-refractivity contribution < 1.29 is 4.79 Å². The van der Waals surface area contributed by atoms with Crippen LogP contribution in [0.4, 0.5) is 10.5 Å². The van der Waals surface area contributed by atoms with Crippen LogP contribution in [0, 0.1) is 0 Å². The normalized spacial score (nSPS) is 10.6. The number of anilines is 1. The average molecular weight is 381 g/mol. The quantitative estimate of drug-likeness (QED) is 0.365. The van der Waals surface area contributed by atoms with Crippen LogP contribution in [0.25, 0.3) is 0 Å². The topological polar surface area (TPSA) is 32.3 Å². The van der Waals surface area contributed by atoms with Crippen LogP contribution in [-0.2, 0) is 6.54 Å². The second-order valence-corrected chi connectivity index (χ2v) is 7.53. The van der Waals surface area contributed by atoms with Gasteiger partial charge in [0.1, 0.15) is 0 Å². The molecule has 3 heteroatoms. The summed E-state index contributed by atoms with van der Waals surface area (Å²) in [6, 6.07) is 19.9. The summed E-state index contributed by atoms with van der Waals surface area (Å²) < 4.78 is 0. The van der Waals surface area contributed by atoms with Gasteiger partial charge in [-0.2, -0.15) is 0 Å². The number of hydrogen-bond acceptors (Lipinski definition) is 1. The van der Waals surface area contributed by atoms with E-state index >= 15 is 0 Å². The predicted octanol–water partition coefficient (Wildman–Crippen LogP) is 7.25. The standard InChI is InChI=1S/C25H36N2O/c1-2-3-4-5-6-7-8-9-16-21-27(22-23-17-12-10-13-18-23)25(28)26-24-19-14-11-15-20-24/h10-15,17-20H,2-9,16,21-22H2,1H3,(H,26,28). The lowest BCUT2D eigenvalue weighted by Crippen LogP contribution is -2.35. The third-order valence-corrected chi connectivity index (χ3v) is 5.06. The number of amides is 2. The van der Waals surface area contributed by atoms with Gasteiger partial charge in [0.2, 0.25) is 0 Å². The fourth-order valence-corrected chi connectivity index (χ4v) is 3.39. The molecule has 0 bridgehead atoms. The van der Waals surface area contributed by atoms with Crippen LogP contribution in [0.5, 0.6) is 0 Å². The number of carbonyl (C=O) groups excluding carboxylic acids is 1. The van der Waals surface area contributed by atoms with Gasteiger partial charge in [-0.15, -0.1) is 0 Å². The molecule has 0 aliphatic carbocycles. The van der Waals surface area contributed by atoms with E-state index in [0.29, 0.717) is 6.54 Å². The fraction of sp³-hybridized carbons (Fsp3) is 0.480. The van der Waals surface area contributed by atoms with E-state index in [1.165, 1.54) is 56.9 Å². The van der Waals surface area contributed by atoms with Crippen molar-refractivity contribution in [1.29, 1.82) is 0 Å². The average Bonchev–Trinajstić information content (AvgIpc) is 2.73. The molecule has 1 N–H and O–H groups in total. The molecule has 2 rings (SSSR count). The Morgan fingerprint density at radius 1 is 0.750 bits per heavy atom. The molecule has 152 valence electrons. The summed E-state index contributed by atoms with van der Waals surface area (Å²) in [7, 11) is 0. The summed E-state index contributed by atoms with van der Waals surface area (Å²) in [5, 5.41) is 3.03. The van der Waals surface area contributed by atoms with Gasteiger partial charge in [0.25, 0.3) is 0 Å². The van der Waals surface area contributed by atoms with Crippen molar-refractivity contribution in [2.75, 3.05) is 11.9 Å². The minimum Gasteiger partial charge on any atom is -0.320 e. The molecular weight excluding hydrogens is 344 g/mol. The van der Waals surface area contributed by atoms with E-state index in [1.54, 1.807) is 0 Å². The highest BCUT2D eigenvalue weighted by Gasteiger charge is 2.13. The number of urea groups is 1. The molecule has 2 amide bonds. The van der Waals surface area contributed by atoms with E-state index in [4.69, 9.17) is 0 Å². The Labute approximate surface area is 171 Å². The number of benzene rings is 2. The second kappa shape index (κ2) is 13.8. The minimum atomic E-state index is -0.0189. The molecule has 0 spiro atoms. The third-order valence-electron chi connectivity index (χ3n) is 5.06. The van der Waals surface area contributed by atoms with Gasteiger partial charge < -0.3 is 10.2 Å². The maximum Gasteiger partial charge on any atom is 0.322 e. The lowest BCUT2D eigenvalue weighted by Gasteiger charge is -2.23. The molecule has 28 heavy (non-hydrogen) atoms. The Kier molecular flexibility index (Phi) is 10.9. The highest BCUT2D eigenvalue weighted by molar-refractivity contribution is 5.89. The first-order valence-corrected chi connectivity index (χ1v) is 10.9. The third kappa shape index (κ3) is 9.07. The number of hydrogen-bond donors (Lipinski definition) is 1. The Bertz CT molecular complexity index is 642. The van der Waals surface area contributed by atoms with Gasteiger partial charge in [-0.1, -0.05) is 107 Å². The van der Waals surface area contributed by atoms with Crippen molar-refractivity contribution in [2.24, 2.45) is 0 Å². The highest BCUT2D eigenvalue weighted by Crippen LogP contribution is 2.13. The molecule has 0 fully saturated rings. The van der Waals surface area contributed by atoms with Crippen LogP contribution >= 0.6 is 0 Å². The number of nitrogens with one attached hydrogen (secondary N) is 1. The summed E-state index contributed by atoms with van der Waals surface area (Å²) in [5.41, 5.74) is 2.01. The zero-order chi connectivity index (χ0) is 19.9. The van der Waals surface area contributed by atoms with Gasteiger partial charge in [0.15, 0.2) is 0 Å². The van der Waals surface area contributed by atoms with Gasteiger partial charge in [-0.3, -0.25) is 0 Å². The van der Waals surface area contributed by atoms with E-state index in [1.807, 2.05) is 53.4 Å². The van der Waals surface area contributed by atoms with Gasteiger partial charge in [0, 0.05) is 18.8 Å². The summed E-state index contributed by atoms with van der Waals surface area (Å²) in [6.07, 6.45) is 11.6. The van der Waals surface area contributed by atoms with Crippen molar-refractivity contribution >= 4 is 11.7 Å². The van der Waals surface area contributed by atoms with E-state index < -0.39 is 0 Å². The molecule has 0 saturated heterocycles. The van der Waals surface area contributed by atoms with Crippen molar-refractivity contribution in [3.8, 4) is 0 Å². The Morgan fingerprint density at radius 2 is 1.29 bits per heavy atom. The van der Waals surface area contributed by atoms with Gasteiger partial charge >= 0.3 is 6.03 Å². The van der Waals surface area contributed by atoms with Gasteiger partial charge in [-0.05, 0) is 24.1 Å². The first-order valence-electron chi connectivity index (χ1n) is 10.9. The fourth-order valence-electron chi connectivity index (χ4n) is 3.39. The lowest BCUT2D eigenvalue weighted by atomic mass is 10.1. The van der Waals surface area contributed by atoms with Crippen LogP contribution in [0.15, 0.2) is 60.7 Å².